The van der Waals surface area contributed by atoms with Gasteiger partial charge in [-0.3, -0.25) is 14.8 Å². The summed E-state index contributed by atoms with van der Waals surface area (Å²) in [6.45, 7) is 3.12. The maximum Gasteiger partial charge on any atom is 0.255 e. The number of aromatic nitrogens is 2. The summed E-state index contributed by atoms with van der Waals surface area (Å²) in [5, 5.41) is 0. The van der Waals surface area contributed by atoms with Crippen LogP contribution in [0.3, 0.4) is 0 Å². The van der Waals surface area contributed by atoms with Crippen LogP contribution in [-0.2, 0) is 16.6 Å². The van der Waals surface area contributed by atoms with Crippen LogP contribution in [0.15, 0.2) is 42.9 Å². The molecule has 0 bridgehead atoms. The number of likely N-dealkylation sites (tertiary alicyclic amines) is 1. The van der Waals surface area contributed by atoms with Gasteiger partial charge in [-0.1, -0.05) is 6.07 Å². The number of hydrogen-bond acceptors (Lipinski definition) is 5. The summed E-state index contributed by atoms with van der Waals surface area (Å²) in [6.07, 6.45) is 7.60. The van der Waals surface area contributed by atoms with Crippen LogP contribution >= 0.6 is 0 Å². The molecule has 0 saturated carbocycles. The number of pyridine rings is 2. The Morgan fingerprint density at radius 3 is 2.74 bits per heavy atom. The van der Waals surface area contributed by atoms with E-state index in [-0.39, 0.29) is 18.5 Å². The molecule has 0 N–H and O–H groups in total. The van der Waals surface area contributed by atoms with E-state index in [1.807, 2.05) is 13.0 Å². The second kappa shape index (κ2) is 8.14. The molecule has 3 rings (SSSR count). The highest BCUT2D eigenvalue weighted by atomic mass is 32.2. The zero-order chi connectivity index (χ0) is 19.4. The maximum absolute atomic E-state index is 12.8. The molecule has 1 aliphatic rings. The lowest BCUT2D eigenvalue weighted by molar-refractivity contribution is 0.0650. The Bertz CT molecular complexity index is 885. The fourth-order valence-electron chi connectivity index (χ4n) is 3.34. The predicted molar refractivity (Wildman–Crippen MR) is 103 cm³/mol. The van der Waals surface area contributed by atoms with E-state index in [0.717, 1.165) is 24.1 Å². The molecule has 0 aliphatic carbocycles. The van der Waals surface area contributed by atoms with Crippen LogP contribution in [0.25, 0.3) is 0 Å². The zero-order valence-corrected chi connectivity index (χ0v) is 16.4. The summed E-state index contributed by atoms with van der Waals surface area (Å²) in [4.78, 5) is 22.8. The number of nitrogens with zero attached hydrogens (tertiary/aromatic N) is 4. The van der Waals surface area contributed by atoms with Crippen molar-refractivity contribution in [2.45, 2.75) is 32.4 Å². The van der Waals surface area contributed by atoms with Crippen LogP contribution in [0.1, 0.15) is 34.5 Å². The summed E-state index contributed by atoms with van der Waals surface area (Å²) in [7, 11) is -3.43. The summed E-state index contributed by atoms with van der Waals surface area (Å²) in [5.41, 5.74) is 2.20. The van der Waals surface area contributed by atoms with Gasteiger partial charge in [0.2, 0.25) is 10.0 Å². The Morgan fingerprint density at radius 2 is 2.11 bits per heavy atom. The maximum atomic E-state index is 12.8. The first-order valence-electron chi connectivity index (χ1n) is 8.92. The Morgan fingerprint density at radius 1 is 1.30 bits per heavy atom. The van der Waals surface area contributed by atoms with E-state index < -0.39 is 10.0 Å². The highest BCUT2D eigenvalue weighted by Crippen LogP contribution is 2.22. The lowest BCUT2D eigenvalue weighted by Gasteiger charge is -2.38. The van der Waals surface area contributed by atoms with E-state index >= 15 is 0 Å². The number of piperidine rings is 1. The van der Waals surface area contributed by atoms with Gasteiger partial charge in [0, 0.05) is 50.0 Å². The first-order chi connectivity index (χ1) is 12.8. The Balaban J connectivity index is 1.77. The van der Waals surface area contributed by atoms with Crippen LogP contribution in [-0.4, -0.2) is 58.9 Å². The summed E-state index contributed by atoms with van der Waals surface area (Å²) >= 11 is 0. The van der Waals surface area contributed by atoms with Crippen molar-refractivity contribution in [3.8, 4) is 0 Å². The summed E-state index contributed by atoms with van der Waals surface area (Å²) < 4.78 is 26.3. The normalized spacial score (nSPS) is 17.9. The van der Waals surface area contributed by atoms with E-state index in [0.29, 0.717) is 18.7 Å². The molecule has 1 fully saturated rings. The molecule has 7 nitrogen and oxygen atoms in total. The minimum Gasteiger partial charge on any atom is -0.337 e. The van der Waals surface area contributed by atoms with Gasteiger partial charge < -0.3 is 4.90 Å². The highest BCUT2D eigenvalue weighted by molar-refractivity contribution is 7.88. The number of rotatable bonds is 5. The van der Waals surface area contributed by atoms with Crippen molar-refractivity contribution < 1.29 is 13.2 Å². The van der Waals surface area contributed by atoms with Gasteiger partial charge in [-0.25, -0.2) is 8.42 Å². The molecule has 0 spiro atoms. The second-order valence-corrected chi connectivity index (χ2v) is 8.84. The minimum absolute atomic E-state index is 0.109. The van der Waals surface area contributed by atoms with Gasteiger partial charge in [-0.05, 0) is 43.5 Å². The molecular weight excluding hydrogens is 364 g/mol. The molecule has 144 valence electrons. The zero-order valence-electron chi connectivity index (χ0n) is 15.6. The number of hydrogen-bond donors (Lipinski definition) is 0. The molecule has 1 atom stereocenters. The highest BCUT2D eigenvalue weighted by Gasteiger charge is 2.33. The van der Waals surface area contributed by atoms with Crippen molar-refractivity contribution in [2.75, 3.05) is 19.3 Å². The van der Waals surface area contributed by atoms with Crippen molar-refractivity contribution in [1.29, 1.82) is 0 Å². The third-order valence-corrected chi connectivity index (χ3v) is 6.02. The van der Waals surface area contributed by atoms with Crippen molar-refractivity contribution in [1.82, 2.24) is 19.2 Å². The Hall–Kier alpha value is -2.32. The summed E-state index contributed by atoms with van der Waals surface area (Å²) in [5.74, 6) is -0.109. The minimum atomic E-state index is -3.43. The van der Waals surface area contributed by atoms with Gasteiger partial charge in [0.25, 0.3) is 5.91 Å². The van der Waals surface area contributed by atoms with Gasteiger partial charge in [-0.2, -0.15) is 4.31 Å². The van der Waals surface area contributed by atoms with Crippen LogP contribution < -0.4 is 0 Å². The molecule has 3 heterocycles. The molecular formula is C19H24N4O3S. The number of carbonyl (C=O) groups excluding carboxylic acids is 1. The monoisotopic (exact) mass is 388 g/mol. The molecule has 8 heteroatoms. The van der Waals surface area contributed by atoms with Crippen LogP contribution in [0.2, 0.25) is 0 Å². The smallest absolute Gasteiger partial charge is 0.255 e. The lowest BCUT2D eigenvalue weighted by Crippen LogP contribution is -2.51. The molecule has 2 aromatic rings. The Kier molecular flexibility index (Phi) is 5.86. The first-order valence-corrected chi connectivity index (χ1v) is 10.8. The molecule has 1 saturated heterocycles. The van der Waals surface area contributed by atoms with Crippen LogP contribution in [0.4, 0.5) is 0 Å². The number of aryl methyl sites for hydroxylation is 1. The van der Waals surface area contributed by atoms with Crippen molar-refractivity contribution >= 4 is 15.9 Å². The fourth-order valence-corrected chi connectivity index (χ4v) is 4.44. The lowest BCUT2D eigenvalue weighted by atomic mass is 10.0. The van der Waals surface area contributed by atoms with Crippen molar-refractivity contribution in [3.63, 3.8) is 0 Å². The van der Waals surface area contributed by atoms with E-state index in [1.54, 1.807) is 41.7 Å². The second-order valence-electron chi connectivity index (χ2n) is 6.90. The molecule has 1 amide bonds. The fraction of sp³-hybridized carbons (Fsp3) is 0.421. The summed E-state index contributed by atoms with van der Waals surface area (Å²) in [6, 6.07) is 6.96. The van der Waals surface area contributed by atoms with Gasteiger partial charge in [-0.15, -0.1) is 0 Å². The third kappa shape index (κ3) is 4.90. The predicted octanol–water partition coefficient (Wildman–Crippen LogP) is 1.85. The van der Waals surface area contributed by atoms with E-state index in [4.69, 9.17) is 0 Å². The average molecular weight is 388 g/mol. The van der Waals surface area contributed by atoms with Crippen molar-refractivity contribution in [3.05, 3.63) is 59.7 Å². The largest absolute Gasteiger partial charge is 0.337 e. The first kappa shape index (κ1) is 19.4. The van der Waals surface area contributed by atoms with Crippen LogP contribution in [0, 0.1) is 6.92 Å². The van der Waals surface area contributed by atoms with Gasteiger partial charge in [0.1, 0.15) is 0 Å². The molecule has 0 aromatic carbocycles. The average Bonchev–Trinajstić information content (AvgIpc) is 2.66. The molecule has 2 aromatic heterocycles. The topological polar surface area (TPSA) is 83.5 Å². The standard InChI is InChI=1S/C19H24N4O3S/c1-15-7-8-17(12-21-15)19(24)22-10-4-6-18(14-22)23(27(2,25)26)13-16-5-3-9-20-11-16/h3,5,7-9,11-12,18H,4,6,10,13-14H2,1-2H3. The Labute approximate surface area is 160 Å². The SMILES string of the molecule is Cc1ccc(C(=O)N2CCCC(N(Cc3cccnc3)S(C)(=O)=O)C2)cn1. The quantitative estimate of drug-likeness (QED) is 0.781. The van der Waals surface area contributed by atoms with E-state index in [2.05, 4.69) is 9.97 Å². The molecule has 0 radical (unpaired) electrons. The number of carbonyl (C=O) groups is 1. The molecule has 1 unspecified atom stereocenters. The molecule has 1 aliphatic heterocycles. The third-order valence-electron chi connectivity index (χ3n) is 4.74. The van der Waals surface area contributed by atoms with Gasteiger partial charge in [0.15, 0.2) is 0 Å². The van der Waals surface area contributed by atoms with Gasteiger partial charge >= 0.3 is 0 Å². The molecule has 27 heavy (non-hydrogen) atoms. The number of amides is 1. The number of sulfonamides is 1. The van der Waals surface area contributed by atoms with E-state index in [9.17, 15) is 13.2 Å². The van der Waals surface area contributed by atoms with E-state index in [1.165, 1.54) is 10.6 Å². The van der Waals surface area contributed by atoms with Gasteiger partial charge in [0.05, 0.1) is 11.8 Å². The van der Waals surface area contributed by atoms with Crippen LogP contribution in [0.5, 0.6) is 0 Å². The van der Waals surface area contributed by atoms with Crippen molar-refractivity contribution in [2.24, 2.45) is 0 Å².